The summed E-state index contributed by atoms with van der Waals surface area (Å²) in [7, 11) is 0. The highest BCUT2D eigenvalue weighted by Crippen LogP contribution is 2.17. The standard InChI is InChI=1S/C16H15N7O/c1-10-13(11(2)23-16(20-10)18-9-19-23)5-6-14-21-15(22-24-14)12-4-3-7-17-8-12/h3-4,7-9H,5-6H2,1-2H3. The summed E-state index contributed by atoms with van der Waals surface area (Å²) >= 11 is 0. The van der Waals surface area contributed by atoms with Crippen LogP contribution in [0.4, 0.5) is 0 Å². The first-order valence-electron chi connectivity index (χ1n) is 7.61. The maximum Gasteiger partial charge on any atom is 0.252 e. The Hall–Kier alpha value is -3.16. The molecule has 0 N–H and O–H groups in total. The second-order valence-corrected chi connectivity index (χ2v) is 5.49. The Morgan fingerprint density at radius 3 is 2.92 bits per heavy atom. The highest BCUT2D eigenvalue weighted by atomic mass is 16.5. The Balaban J connectivity index is 1.56. The largest absolute Gasteiger partial charge is 0.339 e. The minimum Gasteiger partial charge on any atom is -0.339 e. The zero-order valence-corrected chi connectivity index (χ0v) is 13.3. The van der Waals surface area contributed by atoms with Crippen molar-refractivity contribution in [2.45, 2.75) is 26.7 Å². The van der Waals surface area contributed by atoms with Crippen molar-refractivity contribution in [1.29, 1.82) is 0 Å². The summed E-state index contributed by atoms with van der Waals surface area (Å²) in [4.78, 5) is 17.1. The first kappa shape index (κ1) is 14.4. The van der Waals surface area contributed by atoms with Crippen LogP contribution < -0.4 is 0 Å². The summed E-state index contributed by atoms with van der Waals surface area (Å²) in [5, 5.41) is 8.22. The van der Waals surface area contributed by atoms with Crippen LogP contribution in [-0.4, -0.2) is 34.7 Å². The van der Waals surface area contributed by atoms with Crippen LogP contribution in [0.25, 0.3) is 17.2 Å². The molecule has 8 nitrogen and oxygen atoms in total. The monoisotopic (exact) mass is 321 g/mol. The third-order valence-corrected chi connectivity index (χ3v) is 3.97. The fourth-order valence-corrected chi connectivity index (χ4v) is 2.72. The van der Waals surface area contributed by atoms with E-state index in [9.17, 15) is 0 Å². The third kappa shape index (κ3) is 2.51. The second-order valence-electron chi connectivity index (χ2n) is 5.49. The molecule has 0 unspecified atom stereocenters. The van der Waals surface area contributed by atoms with Crippen LogP contribution in [0.5, 0.6) is 0 Å². The predicted octanol–water partition coefficient (Wildman–Crippen LogP) is 1.97. The van der Waals surface area contributed by atoms with E-state index in [0.717, 1.165) is 28.9 Å². The van der Waals surface area contributed by atoms with Crippen LogP contribution in [0.3, 0.4) is 0 Å². The van der Waals surface area contributed by atoms with Crippen LogP contribution in [0.1, 0.15) is 22.8 Å². The lowest BCUT2D eigenvalue weighted by Crippen LogP contribution is -2.07. The van der Waals surface area contributed by atoms with Crippen molar-refractivity contribution in [3.63, 3.8) is 0 Å². The number of fused-ring (bicyclic) bond motifs is 1. The normalized spacial score (nSPS) is 11.2. The maximum atomic E-state index is 5.35. The van der Waals surface area contributed by atoms with Gasteiger partial charge in [0.1, 0.15) is 6.33 Å². The van der Waals surface area contributed by atoms with Crippen molar-refractivity contribution in [2.24, 2.45) is 0 Å². The van der Waals surface area contributed by atoms with Gasteiger partial charge < -0.3 is 4.52 Å². The van der Waals surface area contributed by atoms with Crippen molar-refractivity contribution >= 4 is 5.78 Å². The van der Waals surface area contributed by atoms with E-state index < -0.39 is 0 Å². The number of aromatic nitrogens is 7. The van der Waals surface area contributed by atoms with Crippen molar-refractivity contribution in [1.82, 2.24) is 34.7 Å². The molecule has 0 aliphatic heterocycles. The summed E-state index contributed by atoms with van der Waals surface area (Å²) in [5.41, 5.74) is 3.93. The van der Waals surface area contributed by atoms with E-state index in [1.165, 1.54) is 6.33 Å². The maximum absolute atomic E-state index is 5.35. The molecule has 0 atom stereocenters. The van der Waals surface area contributed by atoms with E-state index in [1.807, 2.05) is 26.0 Å². The van der Waals surface area contributed by atoms with Gasteiger partial charge in [0.15, 0.2) is 0 Å². The molecule has 0 radical (unpaired) electrons. The highest BCUT2D eigenvalue weighted by molar-refractivity contribution is 5.51. The zero-order valence-electron chi connectivity index (χ0n) is 13.3. The summed E-state index contributed by atoms with van der Waals surface area (Å²) < 4.78 is 7.10. The van der Waals surface area contributed by atoms with E-state index in [0.29, 0.717) is 23.9 Å². The van der Waals surface area contributed by atoms with Crippen molar-refractivity contribution < 1.29 is 4.52 Å². The van der Waals surface area contributed by atoms with Gasteiger partial charge in [0.25, 0.3) is 5.78 Å². The van der Waals surface area contributed by atoms with Gasteiger partial charge in [-0.15, -0.1) is 0 Å². The number of hydrogen-bond acceptors (Lipinski definition) is 7. The van der Waals surface area contributed by atoms with Gasteiger partial charge >= 0.3 is 0 Å². The van der Waals surface area contributed by atoms with Gasteiger partial charge in [0, 0.05) is 35.8 Å². The van der Waals surface area contributed by atoms with Crippen LogP contribution in [0.2, 0.25) is 0 Å². The van der Waals surface area contributed by atoms with E-state index in [1.54, 1.807) is 16.9 Å². The smallest absolute Gasteiger partial charge is 0.252 e. The van der Waals surface area contributed by atoms with Crippen LogP contribution in [0.15, 0.2) is 35.4 Å². The van der Waals surface area contributed by atoms with E-state index in [2.05, 4.69) is 30.2 Å². The zero-order chi connectivity index (χ0) is 16.5. The third-order valence-electron chi connectivity index (χ3n) is 3.97. The van der Waals surface area contributed by atoms with Gasteiger partial charge in [-0.25, -0.2) is 9.50 Å². The number of rotatable bonds is 4. The molecule has 0 aromatic carbocycles. The molecular weight excluding hydrogens is 306 g/mol. The lowest BCUT2D eigenvalue weighted by molar-refractivity contribution is 0.378. The molecule has 0 saturated heterocycles. The number of pyridine rings is 1. The fraction of sp³-hybridized carbons (Fsp3) is 0.250. The predicted molar refractivity (Wildman–Crippen MR) is 85.2 cm³/mol. The molecule has 4 aromatic heterocycles. The second kappa shape index (κ2) is 5.80. The molecular formula is C16H15N7O. The van der Waals surface area contributed by atoms with E-state index >= 15 is 0 Å². The lowest BCUT2D eigenvalue weighted by Gasteiger charge is -2.08. The Labute approximate surface area is 137 Å². The molecule has 24 heavy (non-hydrogen) atoms. The summed E-state index contributed by atoms with van der Waals surface area (Å²) in [6.45, 7) is 3.99. The van der Waals surface area contributed by atoms with E-state index in [4.69, 9.17) is 4.52 Å². The molecule has 0 spiro atoms. The molecule has 4 aromatic rings. The molecule has 120 valence electrons. The van der Waals surface area contributed by atoms with E-state index in [-0.39, 0.29) is 0 Å². The fourth-order valence-electron chi connectivity index (χ4n) is 2.72. The molecule has 0 bridgehead atoms. The molecule has 0 aliphatic carbocycles. The summed E-state index contributed by atoms with van der Waals surface area (Å²) in [5.74, 6) is 1.76. The number of hydrogen-bond donors (Lipinski definition) is 0. The first-order valence-corrected chi connectivity index (χ1v) is 7.61. The van der Waals surface area contributed by atoms with Gasteiger partial charge in [0.2, 0.25) is 11.7 Å². The Morgan fingerprint density at radius 2 is 2.08 bits per heavy atom. The average Bonchev–Trinajstić information content (AvgIpc) is 3.25. The number of nitrogens with zero attached hydrogens (tertiary/aromatic N) is 7. The van der Waals surface area contributed by atoms with Gasteiger partial charge in [-0.05, 0) is 38.0 Å². The average molecular weight is 321 g/mol. The quantitative estimate of drug-likeness (QED) is 0.567. The number of aryl methyl sites for hydroxylation is 3. The first-order chi connectivity index (χ1) is 11.7. The Bertz CT molecular complexity index is 990. The molecule has 4 rings (SSSR count). The van der Waals surface area contributed by atoms with Crippen LogP contribution in [-0.2, 0) is 12.8 Å². The minimum atomic E-state index is 0.552. The molecule has 0 fully saturated rings. The van der Waals surface area contributed by atoms with Crippen LogP contribution >= 0.6 is 0 Å². The topological polar surface area (TPSA) is 94.9 Å². The van der Waals surface area contributed by atoms with Crippen molar-refractivity contribution in [3.8, 4) is 11.4 Å². The molecule has 0 amide bonds. The van der Waals surface area contributed by atoms with Crippen molar-refractivity contribution in [3.05, 3.63) is 53.7 Å². The minimum absolute atomic E-state index is 0.552. The van der Waals surface area contributed by atoms with Crippen molar-refractivity contribution in [2.75, 3.05) is 0 Å². The highest BCUT2D eigenvalue weighted by Gasteiger charge is 2.13. The lowest BCUT2D eigenvalue weighted by atomic mass is 10.1. The molecule has 0 aliphatic rings. The SMILES string of the molecule is Cc1nc2ncnn2c(C)c1CCc1nc(-c2cccnc2)no1. The molecule has 0 saturated carbocycles. The molecule has 8 heteroatoms. The Kier molecular flexibility index (Phi) is 3.49. The van der Waals surface area contributed by atoms with Gasteiger partial charge in [-0.1, -0.05) is 5.16 Å². The van der Waals surface area contributed by atoms with Gasteiger partial charge in [-0.3, -0.25) is 4.98 Å². The van der Waals surface area contributed by atoms with Gasteiger partial charge in [-0.2, -0.15) is 15.1 Å². The summed E-state index contributed by atoms with van der Waals surface area (Å²) in [6.07, 6.45) is 6.32. The Morgan fingerprint density at radius 1 is 1.17 bits per heavy atom. The van der Waals surface area contributed by atoms with Crippen LogP contribution in [0, 0.1) is 13.8 Å². The van der Waals surface area contributed by atoms with Gasteiger partial charge in [0.05, 0.1) is 0 Å². The summed E-state index contributed by atoms with van der Waals surface area (Å²) in [6, 6.07) is 3.75. The molecule has 4 heterocycles.